The summed E-state index contributed by atoms with van der Waals surface area (Å²) >= 11 is 0. The molecule has 0 N–H and O–H groups in total. The highest BCUT2D eigenvalue weighted by atomic mass is 14.6. The summed E-state index contributed by atoms with van der Waals surface area (Å²) in [5.74, 6) is 2.23. The van der Waals surface area contributed by atoms with Gasteiger partial charge in [0.05, 0.1) is 0 Å². The first-order valence-electron chi connectivity index (χ1n) is 4.27. The van der Waals surface area contributed by atoms with E-state index < -0.39 is 0 Å². The van der Waals surface area contributed by atoms with Crippen LogP contribution < -0.4 is 0 Å². The Kier molecular flexibility index (Phi) is 0.980. The number of rotatable bonds is 1. The Hall–Kier alpha value is 0. The Labute approximate surface area is 57.6 Å². The Balaban J connectivity index is 2.09. The van der Waals surface area contributed by atoms with E-state index in [4.69, 9.17) is 0 Å². The van der Waals surface area contributed by atoms with E-state index in [0.29, 0.717) is 0 Å². The third kappa shape index (κ3) is 0.595. The largest absolute Gasteiger partial charge is 0.0651 e. The highest BCUT2D eigenvalue weighted by Crippen LogP contribution is 2.66. The van der Waals surface area contributed by atoms with Crippen LogP contribution in [0.4, 0.5) is 0 Å². The zero-order chi connectivity index (χ0) is 6.48. The lowest BCUT2D eigenvalue weighted by molar-refractivity contribution is 0.347. The highest BCUT2D eigenvalue weighted by Gasteiger charge is 2.57. The Morgan fingerprint density at radius 1 is 1.44 bits per heavy atom. The molecule has 2 rings (SSSR count). The molecular weight excluding hydrogens is 108 g/mol. The molecule has 0 unspecified atom stereocenters. The van der Waals surface area contributed by atoms with Gasteiger partial charge >= 0.3 is 0 Å². The molecule has 0 heterocycles. The minimum atomic E-state index is 0.828. The van der Waals surface area contributed by atoms with Crippen molar-refractivity contribution in [2.45, 2.75) is 39.5 Å². The topological polar surface area (TPSA) is 0 Å². The fourth-order valence-electron chi connectivity index (χ4n) is 2.81. The van der Waals surface area contributed by atoms with Crippen molar-refractivity contribution in [3.63, 3.8) is 0 Å². The third-order valence-corrected chi connectivity index (χ3v) is 3.75. The molecule has 52 valence electrons. The Morgan fingerprint density at radius 2 is 2.22 bits per heavy atom. The maximum absolute atomic E-state index is 2.48. The predicted molar refractivity (Wildman–Crippen MR) is 39.2 cm³/mol. The molecule has 0 aromatic rings. The molecule has 0 spiro atoms. The van der Waals surface area contributed by atoms with Crippen molar-refractivity contribution in [3.8, 4) is 0 Å². The van der Waals surface area contributed by atoms with Crippen molar-refractivity contribution in [1.82, 2.24) is 0 Å². The van der Waals surface area contributed by atoms with E-state index in [0.717, 1.165) is 17.3 Å². The molecule has 0 saturated heterocycles. The van der Waals surface area contributed by atoms with Crippen LogP contribution >= 0.6 is 0 Å². The summed E-state index contributed by atoms with van der Waals surface area (Å²) in [7, 11) is 0. The second kappa shape index (κ2) is 1.53. The van der Waals surface area contributed by atoms with Crippen LogP contribution in [-0.4, -0.2) is 0 Å². The Bertz CT molecular complexity index is 126. The van der Waals surface area contributed by atoms with Gasteiger partial charge in [0.15, 0.2) is 0 Å². The van der Waals surface area contributed by atoms with Gasteiger partial charge in [-0.15, -0.1) is 0 Å². The van der Waals surface area contributed by atoms with Gasteiger partial charge < -0.3 is 0 Å². The van der Waals surface area contributed by atoms with E-state index in [1.165, 1.54) is 19.3 Å². The van der Waals surface area contributed by atoms with Crippen molar-refractivity contribution < 1.29 is 0 Å². The molecule has 0 aromatic carbocycles. The van der Waals surface area contributed by atoms with Gasteiger partial charge in [-0.3, -0.25) is 0 Å². The van der Waals surface area contributed by atoms with Crippen molar-refractivity contribution in [1.29, 1.82) is 0 Å². The van der Waals surface area contributed by atoms with Crippen LogP contribution in [0.15, 0.2) is 0 Å². The maximum atomic E-state index is 2.48. The van der Waals surface area contributed by atoms with Crippen LogP contribution in [0.3, 0.4) is 0 Å². The summed E-state index contributed by atoms with van der Waals surface area (Å²) in [6, 6.07) is 0. The fraction of sp³-hybridized carbons (Fsp3) is 1.00. The monoisotopic (exact) mass is 124 g/mol. The minimum Gasteiger partial charge on any atom is -0.0651 e. The predicted octanol–water partition coefficient (Wildman–Crippen LogP) is 2.83. The lowest BCUT2D eigenvalue weighted by Crippen LogP contribution is -2.06. The van der Waals surface area contributed by atoms with Crippen LogP contribution in [0, 0.1) is 17.3 Å². The molecule has 0 radical (unpaired) electrons. The molecule has 0 amide bonds. The van der Waals surface area contributed by atoms with Crippen molar-refractivity contribution >= 4 is 0 Å². The second-order valence-corrected chi connectivity index (χ2v) is 4.09. The average molecular weight is 124 g/mol. The van der Waals surface area contributed by atoms with Gasteiger partial charge in [0.2, 0.25) is 0 Å². The van der Waals surface area contributed by atoms with E-state index in [9.17, 15) is 0 Å². The summed E-state index contributed by atoms with van der Waals surface area (Å²) in [4.78, 5) is 0. The number of fused-ring (bicyclic) bond motifs is 1. The lowest BCUT2D eigenvalue weighted by atomic mass is 9.90. The van der Waals surface area contributed by atoms with Gasteiger partial charge in [-0.2, -0.15) is 0 Å². The average Bonchev–Trinajstić information content (AvgIpc) is 2.38. The third-order valence-electron chi connectivity index (χ3n) is 3.75. The van der Waals surface area contributed by atoms with Crippen LogP contribution in [-0.2, 0) is 0 Å². The zero-order valence-corrected chi connectivity index (χ0v) is 6.48. The normalized spacial score (nSPS) is 55.3. The molecule has 2 fully saturated rings. The molecule has 0 aromatic heterocycles. The van der Waals surface area contributed by atoms with Crippen molar-refractivity contribution in [2.24, 2.45) is 17.3 Å². The van der Waals surface area contributed by atoms with Crippen LogP contribution in [0.5, 0.6) is 0 Å². The molecule has 3 atom stereocenters. The summed E-state index contributed by atoms with van der Waals surface area (Å²) < 4.78 is 0. The fourth-order valence-corrected chi connectivity index (χ4v) is 2.81. The first-order chi connectivity index (χ1) is 4.27. The molecule has 0 nitrogen and oxygen atoms in total. The molecule has 2 saturated carbocycles. The maximum Gasteiger partial charge on any atom is -0.0266 e. The van der Waals surface area contributed by atoms with Crippen molar-refractivity contribution in [3.05, 3.63) is 0 Å². The van der Waals surface area contributed by atoms with Crippen LogP contribution in [0.25, 0.3) is 0 Å². The van der Waals surface area contributed by atoms with Crippen molar-refractivity contribution in [2.75, 3.05) is 0 Å². The van der Waals surface area contributed by atoms with Gasteiger partial charge in [-0.1, -0.05) is 20.3 Å². The van der Waals surface area contributed by atoms with E-state index in [1.807, 2.05) is 0 Å². The lowest BCUT2D eigenvalue weighted by Gasteiger charge is -2.15. The first kappa shape index (κ1) is 5.76. The number of hydrogen-bond acceptors (Lipinski definition) is 0. The van der Waals surface area contributed by atoms with Crippen LogP contribution in [0.2, 0.25) is 0 Å². The SMILES string of the molecule is CC[C@@H]1CC[C@H]2C[C@]12C. The zero-order valence-electron chi connectivity index (χ0n) is 6.48. The molecule has 2 aliphatic rings. The number of hydrogen-bond donors (Lipinski definition) is 0. The molecule has 9 heavy (non-hydrogen) atoms. The standard InChI is InChI=1S/C9H16/c1-3-7-4-5-8-6-9(7,8)2/h7-8H,3-6H2,1-2H3/t7-,8+,9-/m1/s1. The molecule has 2 aliphatic carbocycles. The summed E-state index contributed by atoms with van der Waals surface area (Å²) in [5.41, 5.74) is 0.828. The molecule has 0 aliphatic heterocycles. The highest BCUT2D eigenvalue weighted by molar-refractivity contribution is 5.07. The summed E-state index contributed by atoms with van der Waals surface area (Å²) in [6.07, 6.45) is 6.03. The van der Waals surface area contributed by atoms with Gasteiger partial charge in [-0.05, 0) is 36.5 Å². The van der Waals surface area contributed by atoms with E-state index >= 15 is 0 Å². The molecule has 0 heteroatoms. The van der Waals surface area contributed by atoms with Gasteiger partial charge in [0.25, 0.3) is 0 Å². The first-order valence-corrected chi connectivity index (χ1v) is 4.27. The molecular formula is C9H16. The van der Waals surface area contributed by atoms with E-state index in [-0.39, 0.29) is 0 Å². The van der Waals surface area contributed by atoms with E-state index in [2.05, 4.69) is 13.8 Å². The quantitative estimate of drug-likeness (QED) is 0.504. The smallest absolute Gasteiger partial charge is 0.0266 e. The summed E-state index contributed by atoms with van der Waals surface area (Å²) in [5, 5.41) is 0. The second-order valence-electron chi connectivity index (χ2n) is 4.09. The van der Waals surface area contributed by atoms with Gasteiger partial charge in [-0.25, -0.2) is 0 Å². The minimum absolute atomic E-state index is 0.828. The van der Waals surface area contributed by atoms with Gasteiger partial charge in [0.1, 0.15) is 0 Å². The van der Waals surface area contributed by atoms with E-state index in [1.54, 1.807) is 6.42 Å². The molecule has 0 bridgehead atoms. The van der Waals surface area contributed by atoms with Crippen LogP contribution in [0.1, 0.15) is 39.5 Å². The Morgan fingerprint density at radius 3 is 2.44 bits per heavy atom. The summed E-state index contributed by atoms with van der Waals surface area (Å²) in [6.45, 7) is 4.83. The van der Waals surface area contributed by atoms with Gasteiger partial charge in [0, 0.05) is 0 Å².